The molecular weight excluding hydrogens is 316 g/mol. The van der Waals surface area contributed by atoms with Crippen molar-refractivity contribution in [2.24, 2.45) is 0 Å². The number of aromatic nitrogens is 2. The lowest BCUT2D eigenvalue weighted by atomic mass is 9.86. The average Bonchev–Trinajstić information content (AvgIpc) is 2.99. The molecule has 3 rings (SSSR count). The van der Waals surface area contributed by atoms with Crippen LogP contribution in [0.15, 0.2) is 59.4 Å². The largest absolute Gasteiger partial charge is 0.497 e. The van der Waals surface area contributed by atoms with E-state index < -0.39 is 0 Å². The molecule has 0 amide bonds. The highest BCUT2D eigenvalue weighted by Gasteiger charge is 2.24. The normalized spacial score (nSPS) is 11.9. The number of carbonyl (C=O) groups excluding carboxylic acids is 1. The van der Waals surface area contributed by atoms with Gasteiger partial charge >= 0.3 is 0 Å². The molecule has 1 atom stereocenters. The van der Waals surface area contributed by atoms with Crippen LogP contribution in [0.25, 0.3) is 0 Å². The van der Waals surface area contributed by atoms with E-state index in [-0.39, 0.29) is 23.7 Å². The molecule has 0 bridgehead atoms. The molecule has 5 heteroatoms. The number of Topliss-reactive ketones (excluding diaryl/α,β-unsaturated/α-hetero) is 1. The highest BCUT2D eigenvalue weighted by molar-refractivity contribution is 5.96. The maximum absolute atomic E-state index is 12.7. The molecule has 0 saturated heterocycles. The van der Waals surface area contributed by atoms with E-state index in [1.54, 1.807) is 19.2 Å². The zero-order valence-electron chi connectivity index (χ0n) is 14.2. The monoisotopic (exact) mass is 336 g/mol. The van der Waals surface area contributed by atoms with Gasteiger partial charge < -0.3 is 9.84 Å². The van der Waals surface area contributed by atoms with Gasteiger partial charge in [0.15, 0.2) is 5.78 Å². The molecule has 0 spiro atoms. The van der Waals surface area contributed by atoms with Gasteiger partial charge in [-0.15, -0.1) is 0 Å². The summed E-state index contributed by atoms with van der Waals surface area (Å²) >= 11 is 0. The second-order valence-corrected chi connectivity index (χ2v) is 5.94. The van der Waals surface area contributed by atoms with Crippen LogP contribution in [0.1, 0.15) is 39.5 Å². The zero-order valence-corrected chi connectivity index (χ0v) is 14.2. The molecule has 2 aromatic carbocycles. The molecule has 25 heavy (non-hydrogen) atoms. The Morgan fingerprint density at radius 3 is 2.28 bits per heavy atom. The summed E-state index contributed by atoms with van der Waals surface area (Å²) in [4.78, 5) is 25.0. The number of hydrogen-bond donors (Lipinski definition) is 2. The molecule has 128 valence electrons. The fraction of sp³-hybridized carbons (Fsp3) is 0.200. The van der Waals surface area contributed by atoms with Gasteiger partial charge in [0.25, 0.3) is 5.56 Å². The second kappa shape index (κ2) is 7.21. The van der Waals surface area contributed by atoms with Crippen molar-refractivity contribution < 1.29 is 9.53 Å². The fourth-order valence-electron chi connectivity index (χ4n) is 3.03. The summed E-state index contributed by atoms with van der Waals surface area (Å²) < 4.78 is 5.20. The lowest BCUT2D eigenvalue weighted by molar-refractivity contribution is 0.0977. The molecular formula is C20H20N2O3. The van der Waals surface area contributed by atoms with Crippen LogP contribution < -0.4 is 10.3 Å². The lowest BCUT2D eigenvalue weighted by Gasteiger charge is -2.16. The fourth-order valence-corrected chi connectivity index (χ4v) is 3.03. The number of nitrogens with one attached hydrogen (secondary N) is 2. The van der Waals surface area contributed by atoms with Crippen molar-refractivity contribution in [3.8, 4) is 5.75 Å². The summed E-state index contributed by atoms with van der Waals surface area (Å²) in [6, 6.07) is 16.6. The Morgan fingerprint density at radius 2 is 1.72 bits per heavy atom. The van der Waals surface area contributed by atoms with E-state index in [1.807, 2.05) is 49.4 Å². The average molecular weight is 336 g/mol. The first-order valence-electron chi connectivity index (χ1n) is 8.09. The van der Waals surface area contributed by atoms with Crippen molar-refractivity contribution in [3.05, 3.63) is 87.3 Å². The van der Waals surface area contributed by atoms with E-state index in [2.05, 4.69) is 10.2 Å². The molecule has 2 N–H and O–H groups in total. The Labute approximate surface area is 145 Å². The minimum atomic E-state index is -0.325. The number of aromatic amines is 2. The van der Waals surface area contributed by atoms with Gasteiger partial charge in [0, 0.05) is 29.2 Å². The number of ether oxygens (including phenoxy) is 1. The van der Waals surface area contributed by atoms with Crippen LogP contribution >= 0.6 is 0 Å². The third-order valence-corrected chi connectivity index (χ3v) is 4.36. The Morgan fingerprint density at radius 1 is 1.04 bits per heavy atom. The number of rotatable bonds is 6. The molecule has 1 aromatic heterocycles. The van der Waals surface area contributed by atoms with Crippen LogP contribution in [0, 0.1) is 6.92 Å². The summed E-state index contributed by atoms with van der Waals surface area (Å²) in [5.74, 6) is 0.409. The summed E-state index contributed by atoms with van der Waals surface area (Å²) in [7, 11) is 1.60. The molecule has 0 aliphatic heterocycles. The Bertz CT molecular complexity index is 908. The lowest BCUT2D eigenvalue weighted by Crippen LogP contribution is -2.16. The van der Waals surface area contributed by atoms with Crippen LogP contribution in [-0.4, -0.2) is 23.1 Å². The predicted octanol–water partition coefficient (Wildman–Crippen LogP) is 3.42. The van der Waals surface area contributed by atoms with Crippen LogP contribution in [-0.2, 0) is 0 Å². The topological polar surface area (TPSA) is 75.0 Å². The predicted molar refractivity (Wildman–Crippen MR) is 96.4 cm³/mol. The zero-order chi connectivity index (χ0) is 17.8. The number of hydrogen-bond acceptors (Lipinski definition) is 3. The smallest absolute Gasteiger partial charge is 0.267 e. The Kier molecular flexibility index (Phi) is 4.84. The van der Waals surface area contributed by atoms with Crippen molar-refractivity contribution in [1.82, 2.24) is 10.2 Å². The van der Waals surface area contributed by atoms with Gasteiger partial charge in [-0.3, -0.25) is 14.7 Å². The summed E-state index contributed by atoms with van der Waals surface area (Å²) in [6.45, 7) is 1.83. The third kappa shape index (κ3) is 3.55. The van der Waals surface area contributed by atoms with E-state index in [4.69, 9.17) is 4.74 Å². The Balaban J connectivity index is 2.00. The van der Waals surface area contributed by atoms with Crippen LogP contribution in [0.2, 0.25) is 0 Å². The summed E-state index contributed by atoms with van der Waals surface area (Å²) in [6.07, 6.45) is 0.220. The minimum absolute atomic E-state index is 0.00131. The standard InChI is InChI=1S/C20H20N2O3/c1-13-19(20(24)22-21-13)17(14-8-10-16(25-2)11-9-14)12-18(23)15-6-4-3-5-7-15/h3-11,17H,12H2,1-2H3,(H2,21,22,24). The van der Waals surface area contributed by atoms with Gasteiger partial charge in [0.2, 0.25) is 0 Å². The SMILES string of the molecule is COc1ccc(C(CC(=O)c2ccccc2)c2c(C)[nH][nH]c2=O)cc1. The van der Waals surface area contributed by atoms with Gasteiger partial charge in [-0.25, -0.2) is 0 Å². The number of benzene rings is 2. The second-order valence-electron chi connectivity index (χ2n) is 5.94. The van der Waals surface area contributed by atoms with Crippen molar-refractivity contribution in [1.29, 1.82) is 0 Å². The molecule has 1 heterocycles. The highest BCUT2D eigenvalue weighted by atomic mass is 16.5. The van der Waals surface area contributed by atoms with Crippen molar-refractivity contribution in [2.45, 2.75) is 19.3 Å². The molecule has 0 aliphatic rings. The maximum atomic E-state index is 12.7. The highest BCUT2D eigenvalue weighted by Crippen LogP contribution is 2.30. The molecule has 0 radical (unpaired) electrons. The molecule has 3 aromatic rings. The minimum Gasteiger partial charge on any atom is -0.497 e. The van der Waals surface area contributed by atoms with Gasteiger partial charge in [0.1, 0.15) is 5.75 Å². The van der Waals surface area contributed by atoms with E-state index in [0.29, 0.717) is 11.1 Å². The van der Waals surface area contributed by atoms with Gasteiger partial charge in [-0.1, -0.05) is 42.5 Å². The van der Waals surface area contributed by atoms with Gasteiger partial charge in [-0.2, -0.15) is 0 Å². The van der Waals surface area contributed by atoms with E-state index >= 15 is 0 Å². The quantitative estimate of drug-likeness (QED) is 0.677. The van der Waals surface area contributed by atoms with Crippen molar-refractivity contribution in [2.75, 3.05) is 7.11 Å². The number of H-pyrrole nitrogens is 2. The van der Waals surface area contributed by atoms with E-state index in [1.165, 1.54) is 0 Å². The van der Waals surface area contributed by atoms with E-state index in [0.717, 1.165) is 17.0 Å². The van der Waals surface area contributed by atoms with Crippen molar-refractivity contribution in [3.63, 3.8) is 0 Å². The Hall–Kier alpha value is -3.08. The molecule has 0 aliphatic carbocycles. The number of carbonyl (C=O) groups is 1. The first-order chi connectivity index (χ1) is 12.1. The molecule has 0 fully saturated rings. The summed E-state index contributed by atoms with van der Waals surface area (Å²) in [5.41, 5.74) is 2.68. The van der Waals surface area contributed by atoms with Crippen LogP contribution in [0.3, 0.4) is 0 Å². The van der Waals surface area contributed by atoms with Gasteiger partial charge in [0.05, 0.1) is 7.11 Å². The van der Waals surface area contributed by atoms with E-state index in [9.17, 15) is 9.59 Å². The number of methoxy groups -OCH3 is 1. The number of ketones is 1. The van der Waals surface area contributed by atoms with Gasteiger partial charge in [-0.05, 0) is 24.6 Å². The first kappa shape index (κ1) is 16.8. The molecule has 1 unspecified atom stereocenters. The molecule has 0 saturated carbocycles. The molecule has 5 nitrogen and oxygen atoms in total. The van der Waals surface area contributed by atoms with Crippen molar-refractivity contribution >= 4 is 5.78 Å². The third-order valence-electron chi connectivity index (χ3n) is 4.36. The number of aryl methyl sites for hydroxylation is 1. The maximum Gasteiger partial charge on any atom is 0.267 e. The van der Waals surface area contributed by atoms with Crippen LogP contribution in [0.5, 0.6) is 5.75 Å². The van der Waals surface area contributed by atoms with Crippen LogP contribution in [0.4, 0.5) is 0 Å². The first-order valence-corrected chi connectivity index (χ1v) is 8.09. The summed E-state index contributed by atoms with van der Waals surface area (Å²) in [5, 5.41) is 5.46.